The molecule has 0 N–H and O–H groups in total. The first kappa shape index (κ1) is 19.4. The van der Waals surface area contributed by atoms with Crippen LogP contribution in [0.1, 0.15) is 22.0 Å². The number of ether oxygens (including phenoxy) is 2. The molecule has 0 radical (unpaired) electrons. The maximum Gasteiger partial charge on any atom is 0.374 e. The number of methoxy groups -OCH3 is 1. The number of esters is 1. The van der Waals surface area contributed by atoms with Crippen LogP contribution in [0.4, 0.5) is 0 Å². The predicted octanol–water partition coefficient (Wildman–Crippen LogP) is 4.78. The molecule has 3 heterocycles. The molecule has 0 atom stereocenters. The SMILES string of the molecule is COc1ccc(Br)cc1-c1nc(COC(=O)c2ccc(Cn3cccn3)o2)cs1. The van der Waals surface area contributed by atoms with Crippen LogP contribution in [-0.4, -0.2) is 27.8 Å². The number of halogens is 1. The third-order valence-electron chi connectivity index (χ3n) is 4.03. The van der Waals surface area contributed by atoms with Crippen LogP contribution in [0.3, 0.4) is 0 Å². The zero-order valence-electron chi connectivity index (χ0n) is 15.4. The standard InChI is InChI=1S/C20H16BrN3O4S/c1-26-17-5-3-13(21)9-16(17)19-23-14(12-29-19)11-27-20(25)18-6-4-15(28-18)10-24-8-2-7-22-24/h2-9,12H,10-11H2,1H3. The predicted molar refractivity (Wildman–Crippen MR) is 111 cm³/mol. The van der Waals surface area contributed by atoms with Crippen molar-refractivity contribution in [2.45, 2.75) is 13.2 Å². The monoisotopic (exact) mass is 473 g/mol. The van der Waals surface area contributed by atoms with Gasteiger partial charge in [-0.05, 0) is 36.4 Å². The highest BCUT2D eigenvalue weighted by Crippen LogP contribution is 2.34. The van der Waals surface area contributed by atoms with Gasteiger partial charge >= 0.3 is 5.97 Å². The van der Waals surface area contributed by atoms with E-state index in [1.807, 2.05) is 35.8 Å². The first-order valence-corrected chi connectivity index (χ1v) is 10.3. The molecule has 9 heteroatoms. The minimum absolute atomic E-state index is 0.0564. The Kier molecular flexibility index (Phi) is 5.77. The Balaban J connectivity index is 1.39. The Labute approximate surface area is 179 Å². The lowest BCUT2D eigenvalue weighted by Gasteiger charge is -2.06. The van der Waals surface area contributed by atoms with Gasteiger partial charge in [0.2, 0.25) is 5.76 Å². The molecule has 0 aliphatic heterocycles. The maximum absolute atomic E-state index is 12.3. The van der Waals surface area contributed by atoms with Crippen LogP contribution in [0.5, 0.6) is 5.75 Å². The Hall–Kier alpha value is -2.91. The largest absolute Gasteiger partial charge is 0.496 e. The van der Waals surface area contributed by atoms with Gasteiger partial charge in [-0.1, -0.05) is 15.9 Å². The van der Waals surface area contributed by atoms with E-state index in [1.54, 1.807) is 30.1 Å². The van der Waals surface area contributed by atoms with Crippen molar-refractivity contribution in [1.82, 2.24) is 14.8 Å². The summed E-state index contributed by atoms with van der Waals surface area (Å²) in [6.07, 6.45) is 3.50. The lowest BCUT2D eigenvalue weighted by Crippen LogP contribution is -2.04. The van der Waals surface area contributed by atoms with Crippen molar-refractivity contribution in [2.75, 3.05) is 7.11 Å². The quantitative estimate of drug-likeness (QED) is 0.359. The van der Waals surface area contributed by atoms with E-state index in [1.165, 1.54) is 11.3 Å². The van der Waals surface area contributed by atoms with Crippen molar-refractivity contribution in [3.05, 3.63) is 75.9 Å². The van der Waals surface area contributed by atoms with E-state index in [2.05, 4.69) is 26.0 Å². The van der Waals surface area contributed by atoms with E-state index in [-0.39, 0.29) is 12.4 Å². The molecule has 0 bridgehead atoms. The van der Waals surface area contributed by atoms with E-state index in [4.69, 9.17) is 13.9 Å². The second kappa shape index (κ2) is 8.62. The number of hydrogen-bond acceptors (Lipinski definition) is 7. The zero-order valence-corrected chi connectivity index (χ0v) is 17.8. The molecular weight excluding hydrogens is 458 g/mol. The molecule has 7 nitrogen and oxygen atoms in total. The van der Waals surface area contributed by atoms with Crippen molar-refractivity contribution in [3.63, 3.8) is 0 Å². The van der Waals surface area contributed by atoms with Gasteiger partial charge in [-0.25, -0.2) is 9.78 Å². The van der Waals surface area contributed by atoms with Crippen LogP contribution >= 0.6 is 27.3 Å². The number of carbonyl (C=O) groups excluding carboxylic acids is 1. The summed E-state index contributed by atoms with van der Waals surface area (Å²) in [6, 6.07) is 10.9. The minimum Gasteiger partial charge on any atom is -0.496 e. The summed E-state index contributed by atoms with van der Waals surface area (Å²) in [5, 5.41) is 6.75. The van der Waals surface area contributed by atoms with Crippen LogP contribution in [0.15, 0.2) is 63.1 Å². The van der Waals surface area contributed by atoms with Gasteiger partial charge in [0, 0.05) is 22.2 Å². The summed E-state index contributed by atoms with van der Waals surface area (Å²) in [6.45, 7) is 0.505. The molecule has 4 aromatic rings. The first-order chi connectivity index (χ1) is 14.1. The molecule has 0 amide bonds. The van der Waals surface area contributed by atoms with Crippen molar-refractivity contribution in [3.8, 4) is 16.3 Å². The fourth-order valence-electron chi connectivity index (χ4n) is 2.68. The van der Waals surface area contributed by atoms with Crippen LogP contribution in [0.2, 0.25) is 0 Å². The number of nitrogens with zero attached hydrogens (tertiary/aromatic N) is 3. The highest BCUT2D eigenvalue weighted by molar-refractivity contribution is 9.10. The Morgan fingerprint density at radius 1 is 1.31 bits per heavy atom. The maximum atomic E-state index is 12.3. The van der Waals surface area contributed by atoms with Gasteiger partial charge < -0.3 is 13.9 Å². The fourth-order valence-corrected chi connectivity index (χ4v) is 3.87. The van der Waals surface area contributed by atoms with Crippen molar-refractivity contribution >= 4 is 33.2 Å². The third-order valence-corrected chi connectivity index (χ3v) is 5.45. The molecule has 0 saturated heterocycles. The van der Waals surface area contributed by atoms with Gasteiger partial charge in [0.05, 0.1) is 24.9 Å². The van der Waals surface area contributed by atoms with Gasteiger partial charge in [0.25, 0.3) is 0 Å². The van der Waals surface area contributed by atoms with Gasteiger partial charge in [0.1, 0.15) is 23.1 Å². The molecule has 0 fully saturated rings. The number of rotatable bonds is 7. The fraction of sp³-hybridized carbons (Fsp3) is 0.150. The number of benzene rings is 1. The molecule has 3 aromatic heterocycles. The topological polar surface area (TPSA) is 79.4 Å². The van der Waals surface area contributed by atoms with Crippen LogP contribution in [-0.2, 0) is 17.9 Å². The molecule has 0 saturated carbocycles. The molecule has 0 spiro atoms. The van der Waals surface area contributed by atoms with Gasteiger partial charge in [-0.3, -0.25) is 4.68 Å². The van der Waals surface area contributed by atoms with E-state index >= 15 is 0 Å². The van der Waals surface area contributed by atoms with E-state index in [0.717, 1.165) is 20.8 Å². The second-order valence-electron chi connectivity index (χ2n) is 6.03. The zero-order chi connectivity index (χ0) is 20.2. The molecule has 1 aromatic carbocycles. The van der Waals surface area contributed by atoms with Gasteiger partial charge in [-0.2, -0.15) is 5.10 Å². The molecule has 148 valence electrons. The smallest absolute Gasteiger partial charge is 0.374 e. The summed E-state index contributed by atoms with van der Waals surface area (Å²) >= 11 is 4.92. The average molecular weight is 474 g/mol. The molecule has 0 aliphatic carbocycles. The van der Waals surface area contributed by atoms with Gasteiger partial charge in [-0.15, -0.1) is 11.3 Å². The lowest BCUT2D eigenvalue weighted by molar-refractivity contribution is 0.0429. The highest BCUT2D eigenvalue weighted by Gasteiger charge is 2.15. The summed E-state index contributed by atoms with van der Waals surface area (Å²) in [5.41, 5.74) is 1.53. The Bertz CT molecular complexity index is 1120. The number of aromatic nitrogens is 3. The van der Waals surface area contributed by atoms with E-state index < -0.39 is 5.97 Å². The van der Waals surface area contributed by atoms with Crippen LogP contribution < -0.4 is 4.74 Å². The average Bonchev–Trinajstić information content (AvgIpc) is 3.48. The molecular formula is C20H16BrN3O4S. The first-order valence-electron chi connectivity index (χ1n) is 8.64. The molecule has 0 unspecified atom stereocenters. The highest BCUT2D eigenvalue weighted by atomic mass is 79.9. The van der Waals surface area contributed by atoms with Crippen molar-refractivity contribution in [1.29, 1.82) is 0 Å². The normalized spacial score (nSPS) is 10.8. The van der Waals surface area contributed by atoms with Gasteiger partial charge in [0.15, 0.2) is 0 Å². The lowest BCUT2D eigenvalue weighted by atomic mass is 10.2. The summed E-state index contributed by atoms with van der Waals surface area (Å²) in [5.74, 6) is 0.965. The second-order valence-corrected chi connectivity index (χ2v) is 7.81. The Morgan fingerprint density at radius 2 is 2.21 bits per heavy atom. The van der Waals surface area contributed by atoms with E-state index in [0.29, 0.717) is 18.0 Å². The van der Waals surface area contributed by atoms with Crippen LogP contribution in [0, 0.1) is 0 Å². The Morgan fingerprint density at radius 3 is 3.00 bits per heavy atom. The third kappa shape index (κ3) is 4.57. The molecule has 29 heavy (non-hydrogen) atoms. The summed E-state index contributed by atoms with van der Waals surface area (Å²) in [4.78, 5) is 16.8. The molecule has 0 aliphatic rings. The van der Waals surface area contributed by atoms with Crippen molar-refractivity contribution in [2.24, 2.45) is 0 Å². The minimum atomic E-state index is -0.536. The summed E-state index contributed by atoms with van der Waals surface area (Å²) < 4.78 is 18.9. The number of carbonyl (C=O) groups is 1. The molecule has 4 rings (SSSR count). The number of thiazole rings is 1. The van der Waals surface area contributed by atoms with Crippen molar-refractivity contribution < 1.29 is 18.7 Å². The van der Waals surface area contributed by atoms with E-state index in [9.17, 15) is 4.79 Å². The number of furan rings is 1. The number of hydrogen-bond donors (Lipinski definition) is 0. The summed E-state index contributed by atoms with van der Waals surface area (Å²) in [7, 11) is 1.62. The van der Waals surface area contributed by atoms with Crippen LogP contribution in [0.25, 0.3) is 10.6 Å².